The summed E-state index contributed by atoms with van der Waals surface area (Å²) in [5.74, 6) is 0.991. The number of hydrogen-bond acceptors (Lipinski definition) is 1. The maximum atomic E-state index is 5.34. The molecule has 0 saturated heterocycles. The van der Waals surface area contributed by atoms with E-state index < -0.39 is 0 Å². The van der Waals surface area contributed by atoms with Crippen LogP contribution in [0.25, 0.3) is 6.08 Å². The first-order chi connectivity index (χ1) is 4.97. The van der Waals surface area contributed by atoms with Gasteiger partial charge in [0.1, 0.15) is 12.4 Å². The van der Waals surface area contributed by atoms with Crippen LogP contribution in [-0.4, -0.2) is 6.61 Å². The maximum absolute atomic E-state index is 5.34. The van der Waals surface area contributed by atoms with Crippen molar-refractivity contribution >= 4 is 6.08 Å². The summed E-state index contributed by atoms with van der Waals surface area (Å²) in [6.45, 7) is 0.705. The molecule has 0 aliphatic carbocycles. The summed E-state index contributed by atoms with van der Waals surface area (Å²) in [5, 5.41) is 0. The van der Waals surface area contributed by atoms with Crippen molar-refractivity contribution in [3.8, 4) is 5.75 Å². The molecule has 0 unspecified atom stereocenters. The Labute approximate surface area is 79.7 Å². The molecular weight excluding hydrogens is 310 g/mol. The van der Waals surface area contributed by atoms with Crippen LogP contribution in [0.15, 0.2) is 30.3 Å². The summed E-state index contributed by atoms with van der Waals surface area (Å²) in [7, 11) is 0. The van der Waals surface area contributed by atoms with Crippen molar-refractivity contribution in [2.24, 2.45) is 0 Å². The van der Waals surface area contributed by atoms with Gasteiger partial charge in [0, 0.05) is 26.0 Å². The molecule has 2 heteroatoms. The van der Waals surface area contributed by atoms with E-state index in [9.17, 15) is 0 Å². The van der Waals surface area contributed by atoms with Gasteiger partial charge in [-0.3, -0.25) is 0 Å². The molecule has 1 nitrogen and oxygen atoms in total. The van der Waals surface area contributed by atoms with Crippen LogP contribution in [0.2, 0.25) is 0 Å². The first kappa shape index (κ1) is 8.52. The summed E-state index contributed by atoms with van der Waals surface area (Å²) in [6.07, 6.45) is 4.10. The number of rotatable bonds is 0. The van der Waals surface area contributed by atoms with E-state index in [4.69, 9.17) is 4.74 Å². The molecule has 2 rings (SSSR count). The number of fused-ring (bicyclic) bond motifs is 1. The Morgan fingerprint density at radius 3 is 2.82 bits per heavy atom. The Morgan fingerprint density at radius 1 is 1.18 bits per heavy atom. The fourth-order valence-corrected chi connectivity index (χ4v) is 1.06. The fourth-order valence-electron chi connectivity index (χ4n) is 1.06. The second kappa shape index (κ2) is 3.71. The SMILES string of the molecule is C1=Cc2ccccc2OC1.[Re]. The van der Waals surface area contributed by atoms with E-state index in [1.807, 2.05) is 30.3 Å². The number of benzene rings is 1. The van der Waals surface area contributed by atoms with Crippen LogP contribution < -0.4 is 4.74 Å². The summed E-state index contributed by atoms with van der Waals surface area (Å²) >= 11 is 0. The van der Waals surface area contributed by atoms with Gasteiger partial charge < -0.3 is 4.74 Å². The van der Waals surface area contributed by atoms with Crippen molar-refractivity contribution in [2.75, 3.05) is 6.61 Å². The standard InChI is InChI=1S/C9H8O.Re/c1-2-6-9-8(4-1)5-3-7-10-9;/h1-6H,7H2;. The fraction of sp³-hybridized carbons (Fsp3) is 0.111. The minimum absolute atomic E-state index is 0. The van der Waals surface area contributed by atoms with E-state index in [1.54, 1.807) is 0 Å². The minimum Gasteiger partial charge on any atom is -0.489 e. The van der Waals surface area contributed by atoms with Crippen LogP contribution in [0.1, 0.15) is 5.56 Å². The molecule has 1 aliphatic heterocycles. The van der Waals surface area contributed by atoms with Gasteiger partial charge in [0.25, 0.3) is 0 Å². The molecule has 1 aromatic rings. The minimum atomic E-state index is 0. The summed E-state index contributed by atoms with van der Waals surface area (Å²) in [4.78, 5) is 0. The molecule has 1 radical (unpaired) electrons. The molecule has 0 N–H and O–H groups in total. The molecule has 1 aliphatic rings. The molecule has 1 heterocycles. The molecule has 11 heavy (non-hydrogen) atoms. The quantitative estimate of drug-likeness (QED) is 0.712. The van der Waals surface area contributed by atoms with Crippen LogP contribution in [0.5, 0.6) is 5.75 Å². The molecule has 0 saturated carbocycles. The third-order valence-corrected chi connectivity index (χ3v) is 1.55. The molecule has 0 atom stereocenters. The first-order valence-corrected chi connectivity index (χ1v) is 3.35. The zero-order valence-corrected chi connectivity index (χ0v) is 8.67. The van der Waals surface area contributed by atoms with E-state index >= 15 is 0 Å². The van der Waals surface area contributed by atoms with E-state index in [2.05, 4.69) is 6.08 Å². The Balaban J connectivity index is 0.000000605. The van der Waals surface area contributed by atoms with Crippen molar-refractivity contribution in [1.82, 2.24) is 0 Å². The third kappa shape index (κ3) is 1.71. The van der Waals surface area contributed by atoms with E-state index in [0.29, 0.717) is 6.61 Å². The first-order valence-electron chi connectivity index (χ1n) is 3.35. The van der Waals surface area contributed by atoms with Crippen molar-refractivity contribution in [3.05, 3.63) is 35.9 Å². The average molecular weight is 318 g/mol. The van der Waals surface area contributed by atoms with E-state index in [1.165, 1.54) is 5.56 Å². The van der Waals surface area contributed by atoms with Gasteiger partial charge in [-0.05, 0) is 12.1 Å². The molecule has 0 aromatic heterocycles. The van der Waals surface area contributed by atoms with Crippen LogP contribution in [0.3, 0.4) is 0 Å². The van der Waals surface area contributed by atoms with Gasteiger partial charge in [0.15, 0.2) is 0 Å². The van der Waals surface area contributed by atoms with Gasteiger partial charge in [0.2, 0.25) is 0 Å². The molecule has 0 spiro atoms. The van der Waals surface area contributed by atoms with Gasteiger partial charge in [-0.1, -0.05) is 24.3 Å². The van der Waals surface area contributed by atoms with Gasteiger partial charge in [0.05, 0.1) is 0 Å². The molecule has 0 fully saturated rings. The van der Waals surface area contributed by atoms with Crippen LogP contribution in [0, 0.1) is 0 Å². The van der Waals surface area contributed by atoms with Gasteiger partial charge >= 0.3 is 0 Å². The molecule has 57 valence electrons. The topological polar surface area (TPSA) is 9.23 Å². The number of para-hydroxylation sites is 1. The Hall–Kier alpha value is -0.578. The summed E-state index contributed by atoms with van der Waals surface area (Å²) in [5.41, 5.74) is 1.17. The molecule has 1 aromatic carbocycles. The summed E-state index contributed by atoms with van der Waals surface area (Å²) in [6, 6.07) is 8.03. The second-order valence-corrected chi connectivity index (χ2v) is 2.25. The smallest absolute Gasteiger partial charge is 0.126 e. The zero-order valence-electron chi connectivity index (χ0n) is 5.96. The van der Waals surface area contributed by atoms with Crippen LogP contribution in [-0.2, 0) is 20.4 Å². The van der Waals surface area contributed by atoms with Crippen molar-refractivity contribution in [3.63, 3.8) is 0 Å². The predicted octanol–water partition coefficient (Wildman–Crippen LogP) is 2.09. The van der Waals surface area contributed by atoms with E-state index in [-0.39, 0.29) is 20.4 Å². The molecular formula is C9H8ORe. The second-order valence-electron chi connectivity index (χ2n) is 2.25. The van der Waals surface area contributed by atoms with Crippen LogP contribution >= 0.6 is 0 Å². The van der Waals surface area contributed by atoms with Gasteiger partial charge in [-0.2, -0.15) is 0 Å². The van der Waals surface area contributed by atoms with Gasteiger partial charge in [-0.25, -0.2) is 0 Å². The average Bonchev–Trinajstić information content (AvgIpc) is 2.05. The van der Waals surface area contributed by atoms with Crippen molar-refractivity contribution in [2.45, 2.75) is 0 Å². The Bertz CT molecular complexity index is 268. The zero-order chi connectivity index (χ0) is 6.81. The molecule has 0 bridgehead atoms. The maximum Gasteiger partial charge on any atom is 0.126 e. The van der Waals surface area contributed by atoms with Crippen LogP contribution in [0.4, 0.5) is 0 Å². The van der Waals surface area contributed by atoms with Crippen molar-refractivity contribution in [1.29, 1.82) is 0 Å². The molecule has 0 amide bonds. The summed E-state index contributed by atoms with van der Waals surface area (Å²) < 4.78 is 5.34. The number of ether oxygens (including phenoxy) is 1. The van der Waals surface area contributed by atoms with E-state index in [0.717, 1.165) is 5.75 Å². The van der Waals surface area contributed by atoms with Gasteiger partial charge in [-0.15, -0.1) is 0 Å². The predicted molar refractivity (Wildman–Crippen MR) is 41.0 cm³/mol. The van der Waals surface area contributed by atoms with Crippen molar-refractivity contribution < 1.29 is 25.2 Å². The monoisotopic (exact) mass is 319 g/mol. The normalized spacial score (nSPS) is 12.7. The third-order valence-electron chi connectivity index (χ3n) is 1.55. The Kier molecular flexibility index (Phi) is 2.87. The largest absolute Gasteiger partial charge is 0.489 e. The Morgan fingerprint density at radius 2 is 2.00 bits per heavy atom. The number of hydrogen-bond donors (Lipinski definition) is 0.